The van der Waals surface area contributed by atoms with Crippen LogP contribution < -0.4 is 0 Å². The Kier molecular flexibility index (Phi) is 4.56. The van der Waals surface area contributed by atoms with Crippen molar-refractivity contribution in [3.8, 4) is 0 Å². The Hall–Kier alpha value is -1.97. The van der Waals surface area contributed by atoms with E-state index >= 15 is 0 Å². The summed E-state index contributed by atoms with van der Waals surface area (Å²) < 4.78 is 7.77. The van der Waals surface area contributed by atoms with E-state index in [0.717, 1.165) is 18.4 Å². The first kappa shape index (κ1) is 17.8. The fourth-order valence-electron chi connectivity index (χ4n) is 4.33. The van der Waals surface area contributed by atoms with E-state index in [4.69, 9.17) is 4.74 Å². The summed E-state index contributed by atoms with van der Waals surface area (Å²) in [6.07, 6.45) is 1.92. The van der Waals surface area contributed by atoms with E-state index < -0.39 is 0 Å². The van der Waals surface area contributed by atoms with Crippen molar-refractivity contribution in [2.75, 3.05) is 6.61 Å². The number of nitrogens with one attached hydrogen (secondary N) is 1. The van der Waals surface area contributed by atoms with Crippen LogP contribution in [-0.4, -0.2) is 22.1 Å². The van der Waals surface area contributed by atoms with Gasteiger partial charge in [0.05, 0.1) is 12.6 Å². The number of hydrogen-bond donors (Lipinski definition) is 1. The van der Waals surface area contributed by atoms with Crippen LogP contribution in [0.25, 0.3) is 0 Å². The Morgan fingerprint density at radius 1 is 1.20 bits per heavy atom. The molecule has 0 saturated heterocycles. The number of ether oxygens (including phenoxy) is 1. The van der Waals surface area contributed by atoms with Gasteiger partial charge in [-0.25, -0.2) is 4.79 Å². The zero-order chi connectivity index (χ0) is 18.5. The number of aromatic amines is 1. The van der Waals surface area contributed by atoms with E-state index in [1.807, 2.05) is 6.92 Å². The molecule has 2 aromatic heterocycles. The average Bonchev–Trinajstić information content (AvgIpc) is 2.98. The van der Waals surface area contributed by atoms with Gasteiger partial charge in [-0.2, -0.15) is 0 Å². The first-order valence-electron chi connectivity index (χ1n) is 9.33. The van der Waals surface area contributed by atoms with Crippen molar-refractivity contribution in [3.63, 3.8) is 0 Å². The van der Waals surface area contributed by atoms with Crippen LogP contribution in [0.4, 0.5) is 0 Å². The van der Waals surface area contributed by atoms with Gasteiger partial charge in [-0.15, -0.1) is 0 Å². The van der Waals surface area contributed by atoms with Crippen LogP contribution in [0.1, 0.15) is 83.1 Å². The second-order valence-corrected chi connectivity index (χ2v) is 7.71. The topological polar surface area (TPSA) is 47.0 Å². The zero-order valence-corrected chi connectivity index (χ0v) is 16.5. The first-order valence-corrected chi connectivity index (χ1v) is 9.33. The normalized spacial score (nSPS) is 16.1. The maximum Gasteiger partial charge on any atom is 0.355 e. The monoisotopic (exact) mass is 342 g/mol. The molecule has 1 aliphatic heterocycles. The number of aromatic nitrogens is 2. The van der Waals surface area contributed by atoms with Gasteiger partial charge in [-0.05, 0) is 69.2 Å². The Bertz CT molecular complexity index is 824. The number of carbonyl (C=O) groups is 1. The smallest absolute Gasteiger partial charge is 0.355 e. The second kappa shape index (κ2) is 6.40. The highest BCUT2D eigenvalue weighted by Gasteiger charge is 2.34. The summed E-state index contributed by atoms with van der Waals surface area (Å²) in [5, 5.41) is 0. The van der Waals surface area contributed by atoms with Crippen molar-refractivity contribution in [1.29, 1.82) is 0 Å². The molecule has 0 bridgehead atoms. The van der Waals surface area contributed by atoms with E-state index in [0.29, 0.717) is 18.2 Å². The van der Waals surface area contributed by atoms with Crippen molar-refractivity contribution < 1.29 is 9.53 Å². The Morgan fingerprint density at radius 2 is 1.88 bits per heavy atom. The van der Waals surface area contributed by atoms with E-state index in [2.05, 4.69) is 51.1 Å². The molecule has 0 radical (unpaired) electrons. The molecule has 136 valence electrons. The molecule has 0 aliphatic carbocycles. The highest BCUT2D eigenvalue weighted by atomic mass is 16.5. The summed E-state index contributed by atoms with van der Waals surface area (Å²) in [4.78, 5) is 15.7. The van der Waals surface area contributed by atoms with Crippen LogP contribution in [0, 0.1) is 33.6 Å². The molecule has 4 nitrogen and oxygen atoms in total. The molecule has 1 N–H and O–H groups in total. The minimum atomic E-state index is -0.244. The number of hydrogen-bond acceptors (Lipinski definition) is 2. The maximum absolute atomic E-state index is 12.4. The Labute approximate surface area is 150 Å². The molecule has 0 amide bonds. The van der Waals surface area contributed by atoms with E-state index in [1.54, 1.807) is 0 Å². The van der Waals surface area contributed by atoms with Gasteiger partial charge in [0, 0.05) is 23.5 Å². The Morgan fingerprint density at radius 3 is 2.48 bits per heavy atom. The van der Waals surface area contributed by atoms with Crippen molar-refractivity contribution in [2.45, 2.75) is 67.3 Å². The lowest BCUT2D eigenvalue weighted by Crippen LogP contribution is -2.23. The lowest BCUT2D eigenvalue weighted by Gasteiger charge is -2.31. The van der Waals surface area contributed by atoms with Gasteiger partial charge < -0.3 is 14.3 Å². The average molecular weight is 342 g/mol. The van der Waals surface area contributed by atoms with Gasteiger partial charge >= 0.3 is 5.97 Å². The molecule has 2 aromatic rings. The molecule has 4 heteroatoms. The summed E-state index contributed by atoms with van der Waals surface area (Å²) in [5.74, 6) is 0.332. The van der Waals surface area contributed by atoms with Crippen LogP contribution in [0.15, 0.2) is 0 Å². The fraction of sp³-hybridized carbons (Fsp3) is 0.571. The molecule has 1 unspecified atom stereocenters. The number of carbonyl (C=O) groups excluding carboxylic acids is 1. The van der Waals surface area contributed by atoms with Crippen molar-refractivity contribution in [3.05, 3.63) is 45.0 Å². The van der Waals surface area contributed by atoms with Gasteiger partial charge in [-0.3, -0.25) is 0 Å². The third-order valence-corrected chi connectivity index (χ3v) is 5.73. The van der Waals surface area contributed by atoms with Gasteiger partial charge in [0.25, 0.3) is 0 Å². The number of fused-ring (bicyclic) bond motifs is 2. The molecule has 1 atom stereocenters. The standard InChI is InChI=1S/C21H30N2O2/c1-8-25-21(24)20-14(6)19-16(22-20)10-17-13(5)12(4)15(7)23(17)18(19)9-11(2)3/h11,18,22H,8-10H2,1-7H3. The third kappa shape index (κ3) is 2.72. The molecule has 25 heavy (non-hydrogen) atoms. The van der Waals surface area contributed by atoms with Crippen molar-refractivity contribution >= 4 is 5.97 Å². The van der Waals surface area contributed by atoms with Crippen LogP contribution in [0.2, 0.25) is 0 Å². The molecule has 3 heterocycles. The summed E-state index contributed by atoms with van der Waals surface area (Å²) >= 11 is 0. The summed E-state index contributed by atoms with van der Waals surface area (Å²) in [6, 6.07) is 0.283. The maximum atomic E-state index is 12.4. The molecule has 0 saturated carbocycles. The lowest BCUT2D eigenvalue weighted by atomic mass is 9.89. The van der Waals surface area contributed by atoms with Crippen molar-refractivity contribution in [1.82, 2.24) is 9.55 Å². The lowest BCUT2D eigenvalue weighted by molar-refractivity contribution is 0.0519. The second-order valence-electron chi connectivity index (χ2n) is 7.71. The molecular weight excluding hydrogens is 312 g/mol. The number of nitrogens with zero attached hydrogens (tertiary/aromatic N) is 1. The summed E-state index contributed by atoms with van der Waals surface area (Å²) in [6.45, 7) is 15.5. The van der Waals surface area contributed by atoms with E-state index in [1.165, 1.54) is 33.8 Å². The Balaban J connectivity index is 2.18. The van der Waals surface area contributed by atoms with Gasteiger partial charge in [0.1, 0.15) is 5.69 Å². The summed E-state index contributed by atoms with van der Waals surface area (Å²) in [7, 11) is 0. The van der Waals surface area contributed by atoms with Crippen LogP contribution in [-0.2, 0) is 11.2 Å². The molecule has 0 spiro atoms. The minimum Gasteiger partial charge on any atom is -0.461 e. The first-order chi connectivity index (χ1) is 11.8. The predicted octanol–water partition coefficient (Wildman–Crippen LogP) is 4.77. The molecule has 1 aliphatic rings. The van der Waals surface area contributed by atoms with Crippen LogP contribution in [0.3, 0.4) is 0 Å². The predicted molar refractivity (Wildman–Crippen MR) is 101 cm³/mol. The minimum absolute atomic E-state index is 0.244. The third-order valence-electron chi connectivity index (χ3n) is 5.73. The highest BCUT2D eigenvalue weighted by molar-refractivity contribution is 5.90. The molecular formula is C21H30N2O2. The van der Waals surface area contributed by atoms with E-state index in [9.17, 15) is 4.79 Å². The summed E-state index contributed by atoms with van der Waals surface area (Å²) in [5.41, 5.74) is 9.64. The molecule has 3 rings (SSSR count). The number of H-pyrrole nitrogens is 1. The van der Waals surface area contributed by atoms with Gasteiger partial charge in [0.15, 0.2) is 0 Å². The number of esters is 1. The van der Waals surface area contributed by atoms with Gasteiger partial charge in [-0.1, -0.05) is 13.8 Å². The zero-order valence-electron chi connectivity index (χ0n) is 16.5. The molecule has 0 fully saturated rings. The van der Waals surface area contributed by atoms with Crippen LogP contribution in [0.5, 0.6) is 0 Å². The molecule has 0 aromatic carbocycles. The fourth-order valence-corrected chi connectivity index (χ4v) is 4.33. The number of rotatable bonds is 4. The van der Waals surface area contributed by atoms with Gasteiger partial charge in [0.2, 0.25) is 0 Å². The highest BCUT2D eigenvalue weighted by Crippen LogP contribution is 2.42. The SMILES string of the molecule is CCOC(=O)c1[nH]c2c(c1C)C(CC(C)C)n1c(C)c(C)c(C)c1C2. The largest absolute Gasteiger partial charge is 0.461 e. The quantitative estimate of drug-likeness (QED) is 0.814. The van der Waals surface area contributed by atoms with Crippen LogP contribution >= 0.6 is 0 Å². The van der Waals surface area contributed by atoms with Crippen molar-refractivity contribution in [2.24, 2.45) is 5.92 Å². The van der Waals surface area contributed by atoms with E-state index in [-0.39, 0.29) is 12.0 Å².